The lowest BCUT2D eigenvalue weighted by Crippen LogP contribution is -2.54. The van der Waals surface area contributed by atoms with Crippen LogP contribution in [0, 0.1) is 19.8 Å². The van der Waals surface area contributed by atoms with Gasteiger partial charge >= 0.3 is 0 Å². The highest BCUT2D eigenvalue weighted by Crippen LogP contribution is 2.44. The van der Waals surface area contributed by atoms with E-state index < -0.39 is 11.5 Å². The number of rotatable bonds is 7. The Bertz CT molecular complexity index is 1330. The van der Waals surface area contributed by atoms with Gasteiger partial charge in [-0.15, -0.1) is 0 Å². The van der Waals surface area contributed by atoms with Gasteiger partial charge in [0.1, 0.15) is 0 Å². The van der Waals surface area contributed by atoms with Crippen LogP contribution in [0.2, 0.25) is 0 Å². The van der Waals surface area contributed by atoms with E-state index in [4.69, 9.17) is 0 Å². The van der Waals surface area contributed by atoms with E-state index in [1.54, 1.807) is 0 Å². The quantitative estimate of drug-likeness (QED) is 0.390. The second-order valence-corrected chi connectivity index (χ2v) is 10.1. The molecule has 4 nitrogen and oxygen atoms in total. The number of benzene rings is 2. The summed E-state index contributed by atoms with van der Waals surface area (Å²) in [5.74, 6) is -0.585. The van der Waals surface area contributed by atoms with Gasteiger partial charge in [0.2, 0.25) is 0 Å². The molecule has 2 aromatic carbocycles. The zero-order chi connectivity index (χ0) is 25.2. The Balaban J connectivity index is 1.91. The van der Waals surface area contributed by atoms with Crippen molar-refractivity contribution in [3.63, 3.8) is 0 Å². The lowest BCUT2D eigenvalue weighted by Gasteiger charge is -2.46. The minimum Gasteiger partial charge on any atom is -0.388 e. The molecule has 1 aliphatic rings. The van der Waals surface area contributed by atoms with Crippen LogP contribution in [-0.2, 0) is 0 Å². The number of fused-ring (bicyclic) bond motifs is 1. The van der Waals surface area contributed by atoms with Gasteiger partial charge in [-0.25, -0.2) is 0 Å². The van der Waals surface area contributed by atoms with E-state index in [1.807, 2.05) is 51.1 Å². The molecule has 182 valence electrons. The van der Waals surface area contributed by atoms with E-state index in [0.29, 0.717) is 31.5 Å². The van der Waals surface area contributed by atoms with E-state index in [2.05, 4.69) is 53.8 Å². The molecule has 0 spiro atoms. The van der Waals surface area contributed by atoms with Crippen molar-refractivity contribution in [1.29, 1.82) is 0 Å². The zero-order valence-corrected chi connectivity index (χ0v) is 21.0. The summed E-state index contributed by atoms with van der Waals surface area (Å²) in [6.45, 7) is 15.4. The fourth-order valence-electron chi connectivity index (χ4n) is 5.43. The lowest BCUT2D eigenvalue weighted by atomic mass is 9.66. The number of aromatic amines is 1. The molecule has 3 N–H and O–H groups in total. The Morgan fingerprint density at radius 1 is 1.17 bits per heavy atom. The minimum absolute atomic E-state index is 0.112. The van der Waals surface area contributed by atoms with Crippen molar-refractivity contribution in [2.45, 2.75) is 45.1 Å². The second kappa shape index (κ2) is 10.2. The van der Waals surface area contributed by atoms with E-state index in [0.717, 1.165) is 38.7 Å². The number of H-pyrrole nitrogens is 1. The third kappa shape index (κ3) is 5.24. The molecule has 3 aromatic rings. The first-order valence-electron chi connectivity index (χ1n) is 12.3. The van der Waals surface area contributed by atoms with E-state index in [-0.39, 0.29) is 11.5 Å². The maximum atomic E-state index is 13.5. The second-order valence-electron chi connectivity index (χ2n) is 10.1. The molecule has 4 rings (SSSR count). The van der Waals surface area contributed by atoms with Crippen molar-refractivity contribution in [3.05, 3.63) is 118 Å². The fourth-order valence-corrected chi connectivity index (χ4v) is 5.43. The monoisotopic (exact) mass is 468 g/mol. The standard InChI is InChI=1S/C31H36N2O2/c1-6-23(15-20(2)3)17-26-19-32-14-13-31(26,35)29(24-10-7-21(4)8-11-24)27-18-25-16-22(5)9-12-28(25)33-30(27)34/h6-12,15-16,18,26,29,32,35H,1-2,13-14,17,19H2,3-5H3,(H,33,34)/b23-15+. The highest BCUT2D eigenvalue weighted by molar-refractivity contribution is 5.80. The van der Waals surface area contributed by atoms with Crippen molar-refractivity contribution < 1.29 is 5.11 Å². The molecule has 0 radical (unpaired) electrons. The fraction of sp³-hybridized carbons (Fsp3) is 0.323. The summed E-state index contributed by atoms with van der Waals surface area (Å²) in [4.78, 5) is 16.6. The Morgan fingerprint density at radius 3 is 2.57 bits per heavy atom. The first-order valence-corrected chi connectivity index (χ1v) is 12.3. The van der Waals surface area contributed by atoms with Crippen LogP contribution in [0.25, 0.3) is 10.9 Å². The predicted molar refractivity (Wildman–Crippen MR) is 146 cm³/mol. The molecule has 2 heterocycles. The number of nitrogens with one attached hydrogen (secondary N) is 2. The smallest absolute Gasteiger partial charge is 0.252 e. The highest BCUT2D eigenvalue weighted by atomic mass is 16.3. The first-order chi connectivity index (χ1) is 16.7. The summed E-state index contributed by atoms with van der Waals surface area (Å²) in [6.07, 6.45) is 5.05. The third-order valence-corrected chi connectivity index (χ3v) is 7.23. The number of piperidine rings is 1. The average Bonchev–Trinajstić information content (AvgIpc) is 2.81. The summed E-state index contributed by atoms with van der Waals surface area (Å²) in [6, 6.07) is 16.2. The van der Waals surface area contributed by atoms with Gasteiger partial charge in [0, 0.05) is 29.5 Å². The van der Waals surface area contributed by atoms with Gasteiger partial charge in [0.25, 0.3) is 5.56 Å². The van der Waals surface area contributed by atoms with Crippen LogP contribution in [0.5, 0.6) is 0 Å². The zero-order valence-electron chi connectivity index (χ0n) is 21.0. The highest BCUT2D eigenvalue weighted by Gasteiger charge is 2.47. The van der Waals surface area contributed by atoms with Gasteiger partial charge in [-0.05, 0) is 74.9 Å². The molecule has 4 heteroatoms. The van der Waals surface area contributed by atoms with Crippen molar-refractivity contribution in [3.8, 4) is 0 Å². The van der Waals surface area contributed by atoms with Crippen LogP contribution in [-0.4, -0.2) is 28.8 Å². The molecule has 1 aliphatic heterocycles. The SMILES string of the molecule is C=C/C(=C\C(=C)C)CC1CNCCC1(O)C(c1ccc(C)cc1)c1cc2cc(C)ccc2[nH]c1=O. The van der Waals surface area contributed by atoms with Crippen molar-refractivity contribution in [2.24, 2.45) is 5.92 Å². The molecule has 0 amide bonds. The third-order valence-electron chi connectivity index (χ3n) is 7.23. The van der Waals surface area contributed by atoms with Crippen LogP contribution in [0.3, 0.4) is 0 Å². The van der Waals surface area contributed by atoms with Crippen LogP contribution in [0.15, 0.2) is 89.8 Å². The summed E-state index contributed by atoms with van der Waals surface area (Å²) >= 11 is 0. The maximum absolute atomic E-state index is 13.5. The number of allylic oxidation sites excluding steroid dienone is 4. The van der Waals surface area contributed by atoms with Crippen LogP contribution >= 0.6 is 0 Å². The van der Waals surface area contributed by atoms with Crippen molar-refractivity contribution in [2.75, 3.05) is 13.1 Å². The molecular weight excluding hydrogens is 432 g/mol. The van der Waals surface area contributed by atoms with Crippen LogP contribution in [0.1, 0.15) is 47.9 Å². The first kappa shape index (κ1) is 24.9. The van der Waals surface area contributed by atoms with Gasteiger partial charge in [-0.1, -0.05) is 72.3 Å². The van der Waals surface area contributed by atoms with Gasteiger partial charge in [-0.2, -0.15) is 0 Å². The number of aryl methyl sites for hydroxylation is 2. The molecule has 3 atom stereocenters. The molecule has 35 heavy (non-hydrogen) atoms. The Labute approximate surface area is 208 Å². The predicted octanol–water partition coefficient (Wildman–Crippen LogP) is 5.70. The molecule has 0 bridgehead atoms. The van der Waals surface area contributed by atoms with Gasteiger partial charge in [-0.3, -0.25) is 4.79 Å². The summed E-state index contributed by atoms with van der Waals surface area (Å²) in [7, 11) is 0. The minimum atomic E-state index is -1.12. The maximum Gasteiger partial charge on any atom is 0.252 e. The summed E-state index contributed by atoms with van der Waals surface area (Å²) in [5, 5.41) is 17.0. The molecule has 0 saturated carbocycles. The number of aliphatic hydroxyl groups is 1. The average molecular weight is 469 g/mol. The molecule has 1 saturated heterocycles. The Kier molecular flexibility index (Phi) is 7.25. The van der Waals surface area contributed by atoms with Crippen LogP contribution < -0.4 is 10.9 Å². The van der Waals surface area contributed by atoms with E-state index in [1.165, 1.54) is 0 Å². The molecule has 3 unspecified atom stereocenters. The van der Waals surface area contributed by atoms with Gasteiger partial charge in [0.15, 0.2) is 0 Å². The normalized spacial score (nSPS) is 21.6. The summed E-state index contributed by atoms with van der Waals surface area (Å²) < 4.78 is 0. The largest absolute Gasteiger partial charge is 0.388 e. The molecule has 1 fully saturated rings. The van der Waals surface area contributed by atoms with E-state index in [9.17, 15) is 9.90 Å². The summed E-state index contributed by atoms with van der Waals surface area (Å²) in [5.41, 5.74) is 5.33. The van der Waals surface area contributed by atoms with Gasteiger partial charge in [0.05, 0.1) is 5.60 Å². The number of pyridine rings is 1. The molecule has 0 aliphatic carbocycles. The van der Waals surface area contributed by atoms with Gasteiger partial charge < -0.3 is 15.4 Å². The Morgan fingerprint density at radius 2 is 1.89 bits per heavy atom. The lowest BCUT2D eigenvalue weighted by molar-refractivity contribution is -0.0539. The van der Waals surface area contributed by atoms with Crippen LogP contribution in [0.4, 0.5) is 0 Å². The van der Waals surface area contributed by atoms with Crippen molar-refractivity contribution >= 4 is 10.9 Å². The van der Waals surface area contributed by atoms with Crippen molar-refractivity contribution in [1.82, 2.24) is 10.3 Å². The Hall–Kier alpha value is -3.21. The van der Waals surface area contributed by atoms with E-state index >= 15 is 0 Å². The molecular formula is C31H36N2O2. The number of hydrogen-bond acceptors (Lipinski definition) is 3. The number of hydrogen-bond donors (Lipinski definition) is 3. The molecule has 1 aromatic heterocycles. The number of aromatic nitrogens is 1. The topological polar surface area (TPSA) is 65.1 Å².